The minimum absolute atomic E-state index is 0.0435. The second kappa shape index (κ2) is 6.72. The minimum Gasteiger partial charge on any atom is -0.479 e. The van der Waals surface area contributed by atoms with Gasteiger partial charge in [0.15, 0.2) is 12.7 Å². The van der Waals surface area contributed by atoms with Crippen molar-refractivity contribution in [3.63, 3.8) is 0 Å². The highest BCUT2D eigenvalue weighted by Gasteiger charge is 2.34. The number of carboxylic acid groups (broad SMARTS) is 1. The van der Waals surface area contributed by atoms with Gasteiger partial charge in [0.1, 0.15) is 17.9 Å². The van der Waals surface area contributed by atoms with Gasteiger partial charge >= 0.3 is 5.97 Å². The third-order valence-electron chi connectivity index (χ3n) is 3.01. The summed E-state index contributed by atoms with van der Waals surface area (Å²) < 4.78 is 10.3. The average Bonchev–Trinajstić information content (AvgIpc) is 2.97. The number of rotatable bonds is 5. The molecule has 0 bridgehead atoms. The maximum absolute atomic E-state index is 11.9. The van der Waals surface area contributed by atoms with Crippen molar-refractivity contribution in [3.05, 3.63) is 24.3 Å². The Morgan fingerprint density at radius 2 is 2.00 bits per heavy atom. The van der Waals surface area contributed by atoms with Crippen molar-refractivity contribution >= 4 is 17.6 Å². The number of carbonyl (C=O) groups is 2. The second-order valence-electron chi connectivity index (χ2n) is 4.49. The largest absolute Gasteiger partial charge is 0.479 e. The van der Waals surface area contributed by atoms with Crippen LogP contribution < -0.4 is 10.1 Å². The summed E-state index contributed by atoms with van der Waals surface area (Å²) in [6.45, 7) is -0.0435. The van der Waals surface area contributed by atoms with Crippen LogP contribution in [-0.4, -0.2) is 35.8 Å². The van der Waals surface area contributed by atoms with Crippen LogP contribution in [0.15, 0.2) is 24.3 Å². The Morgan fingerprint density at radius 3 is 2.57 bits per heavy atom. The molecule has 7 nitrogen and oxygen atoms in total. The number of nitrogens with zero attached hydrogens (tertiary/aromatic N) is 1. The van der Waals surface area contributed by atoms with Gasteiger partial charge in [-0.3, -0.25) is 4.79 Å². The smallest absolute Gasteiger partial charge is 0.332 e. The summed E-state index contributed by atoms with van der Waals surface area (Å²) in [5.74, 6) is -0.897. The van der Waals surface area contributed by atoms with Crippen molar-refractivity contribution in [1.29, 1.82) is 5.26 Å². The van der Waals surface area contributed by atoms with E-state index in [4.69, 9.17) is 19.8 Å². The fraction of sp³-hybridized carbons (Fsp3) is 0.357. The van der Waals surface area contributed by atoms with E-state index < -0.39 is 18.2 Å². The van der Waals surface area contributed by atoms with Crippen LogP contribution in [0.2, 0.25) is 0 Å². The quantitative estimate of drug-likeness (QED) is 0.842. The van der Waals surface area contributed by atoms with Gasteiger partial charge in [-0.1, -0.05) is 0 Å². The van der Waals surface area contributed by atoms with Gasteiger partial charge < -0.3 is 19.9 Å². The molecule has 1 aliphatic rings. The van der Waals surface area contributed by atoms with Crippen molar-refractivity contribution in [2.45, 2.75) is 25.0 Å². The Kier molecular flexibility index (Phi) is 4.74. The molecule has 1 aromatic carbocycles. The first-order valence-corrected chi connectivity index (χ1v) is 6.39. The first kappa shape index (κ1) is 14.8. The van der Waals surface area contributed by atoms with Crippen molar-refractivity contribution in [1.82, 2.24) is 0 Å². The Morgan fingerprint density at radius 1 is 1.33 bits per heavy atom. The summed E-state index contributed by atoms with van der Waals surface area (Å²) in [5.41, 5.74) is 0.548. The molecule has 7 heteroatoms. The van der Waals surface area contributed by atoms with E-state index in [0.717, 1.165) is 0 Å². The van der Waals surface area contributed by atoms with Crippen LogP contribution in [0.25, 0.3) is 0 Å². The third kappa shape index (κ3) is 3.94. The SMILES string of the molecule is N#CCOc1ccc(NC(=O)C2CCC(C(=O)O)O2)cc1. The first-order valence-electron chi connectivity index (χ1n) is 6.39. The van der Waals surface area contributed by atoms with E-state index >= 15 is 0 Å². The number of hydrogen-bond acceptors (Lipinski definition) is 5. The van der Waals surface area contributed by atoms with E-state index in [1.165, 1.54) is 0 Å². The number of anilines is 1. The molecule has 0 aliphatic carbocycles. The highest BCUT2D eigenvalue weighted by molar-refractivity contribution is 5.94. The lowest BCUT2D eigenvalue weighted by Gasteiger charge is -2.12. The molecule has 0 saturated carbocycles. The average molecular weight is 290 g/mol. The van der Waals surface area contributed by atoms with Gasteiger partial charge in [0.2, 0.25) is 0 Å². The number of nitrogens with one attached hydrogen (secondary N) is 1. The first-order chi connectivity index (χ1) is 10.1. The molecule has 0 spiro atoms. The Bertz CT molecular complexity index is 564. The molecule has 21 heavy (non-hydrogen) atoms. The number of carbonyl (C=O) groups excluding carboxylic acids is 1. The monoisotopic (exact) mass is 290 g/mol. The zero-order chi connectivity index (χ0) is 15.2. The number of ether oxygens (including phenoxy) is 2. The summed E-state index contributed by atoms with van der Waals surface area (Å²) in [6.07, 6.45) is -0.955. The highest BCUT2D eigenvalue weighted by atomic mass is 16.5. The second-order valence-corrected chi connectivity index (χ2v) is 4.49. The predicted molar refractivity (Wildman–Crippen MR) is 71.7 cm³/mol. The lowest BCUT2D eigenvalue weighted by Crippen LogP contribution is -2.29. The lowest BCUT2D eigenvalue weighted by molar-refractivity contribution is -0.150. The Labute approximate surface area is 121 Å². The topological polar surface area (TPSA) is 109 Å². The molecule has 110 valence electrons. The van der Waals surface area contributed by atoms with Crippen LogP contribution in [0.3, 0.4) is 0 Å². The van der Waals surface area contributed by atoms with Gasteiger partial charge in [-0.25, -0.2) is 4.79 Å². The molecule has 2 unspecified atom stereocenters. The molecule has 2 rings (SSSR count). The fourth-order valence-electron chi connectivity index (χ4n) is 1.98. The van der Waals surface area contributed by atoms with Gasteiger partial charge in [0, 0.05) is 5.69 Å². The van der Waals surface area contributed by atoms with Crippen molar-refractivity contribution in [2.24, 2.45) is 0 Å². The number of hydrogen-bond donors (Lipinski definition) is 2. The Balaban J connectivity index is 1.88. The van der Waals surface area contributed by atoms with E-state index in [-0.39, 0.29) is 12.5 Å². The molecule has 1 heterocycles. The number of benzene rings is 1. The van der Waals surface area contributed by atoms with Gasteiger partial charge in [0.25, 0.3) is 5.91 Å². The van der Waals surface area contributed by atoms with E-state index in [1.54, 1.807) is 24.3 Å². The maximum Gasteiger partial charge on any atom is 0.332 e. The molecule has 0 aromatic heterocycles. The summed E-state index contributed by atoms with van der Waals surface area (Å²) in [4.78, 5) is 22.7. The number of amides is 1. The molecule has 1 saturated heterocycles. The summed E-state index contributed by atoms with van der Waals surface area (Å²) in [6, 6.07) is 8.38. The van der Waals surface area contributed by atoms with Gasteiger partial charge in [-0.15, -0.1) is 0 Å². The molecule has 1 fully saturated rings. The van der Waals surface area contributed by atoms with Crippen molar-refractivity contribution in [2.75, 3.05) is 11.9 Å². The molecule has 1 aliphatic heterocycles. The van der Waals surface area contributed by atoms with Gasteiger partial charge in [-0.2, -0.15) is 5.26 Å². The molecular weight excluding hydrogens is 276 g/mol. The van der Waals surface area contributed by atoms with E-state index in [9.17, 15) is 9.59 Å². The van der Waals surface area contributed by atoms with Crippen LogP contribution in [0, 0.1) is 11.3 Å². The molecule has 0 radical (unpaired) electrons. The van der Waals surface area contributed by atoms with Crippen molar-refractivity contribution < 1.29 is 24.2 Å². The van der Waals surface area contributed by atoms with Crippen LogP contribution in [0.4, 0.5) is 5.69 Å². The van der Waals surface area contributed by atoms with Crippen LogP contribution in [-0.2, 0) is 14.3 Å². The molecule has 2 atom stereocenters. The van der Waals surface area contributed by atoms with E-state index in [1.807, 2.05) is 6.07 Å². The molecule has 1 amide bonds. The van der Waals surface area contributed by atoms with Crippen LogP contribution in [0.5, 0.6) is 5.75 Å². The summed E-state index contributed by atoms with van der Waals surface area (Å²) >= 11 is 0. The van der Waals surface area contributed by atoms with Crippen molar-refractivity contribution in [3.8, 4) is 11.8 Å². The van der Waals surface area contributed by atoms with Crippen LogP contribution in [0.1, 0.15) is 12.8 Å². The number of aliphatic carboxylic acids is 1. The van der Waals surface area contributed by atoms with Crippen LogP contribution >= 0.6 is 0 Å². The van der Waals surface area contributed by atoms with E-state index in [0.29, 0.717) is 24.3 Å². The molecular formula is C14H14N2O5. The number of nitriles is 1. The van der Waals surface area contributed by atoms with Gasteiger partial charge in [0.05, 0.1) is 0 Å². The normalized spacial score (nSPS) is 20.5. The standard InChI is InChI=1S/C14H14N2O5/c15-7-8-20-10-3-1-9(2-4-10)16-13(17)11-5-6-12(21-11)14(18)19/h1-4,11-12H,5-6,8H2,(H,16,17)(H,18,19). The summed E-state index contributed by atoms with van der Waals surface area (Å²) in [7, 11) is 0. The van der Waals surface area contributed by atoms with Gasteiger partial charge in [-0.05, 0) is 37.1 Å². The van der Waals surface area contributed by atoms with E-state index in [2.05, 4.69) is 5.32 Å². The summed E-state index contributed by atoms with van der Waals surface area (Å²) in [5, 5.41) is 19.9. The molecule has 1 aromatic rings. The number of carboxylic acids is 1. The fourth-order valence-corrected chi connectivity index (χ4v) is 1.98. The predicted octanol–water partition coefficient (Wildman–Crippen LogP) is 1.16. The molecule has 2 N–H and O–H groups in total. The minimum atomic E-state index is -1.05. The highest BCUT2D eigenvalue weighted by Crippen LogP contribution is 2.22. The maximum atomic E-state index is 11.9. The Hall–Kier alpha value is -2.59. The third-order valence-corrected chi connectivity index (χ3v) is 3.01. The lowest BCUT2D eigenvalue weighted by atomic mass is 10.2. The zero-order valence-corrected chi connectivity index (χ0v) is 11.1. The zero-order valence-electron chi connectivity index (χ0n) is 11.1.